The summed E-state index contributed by atoms with van der Waals surface area (Å²) in [5.41, 5.74) is 3.36. The lowest BCUT2D eigenvalue weighted by Gasteiger charge is -2.12. The Bertz CT molecular complexity index is 1160. The van der Waals surface area contributed by atoms with E-state index in [-0.39, 0.29) is 16.6 Å². The molecule has 156 valence electrons. The molecule has 7 heteroatoms. The molecule has 3 N–H and O–H groups in total. The van der Waals surface area contributed by atoms with Gasteiger partial charge in [0.2, 0.25) is 0 Å². The molecule has 0 saturated heterocycles. The topological polar surface area (TPSA) is 95.5 Å². The van der Waals surface area contributed by atoms with E-state index in [4.69, 9.17) is 0 Å². The van der Waals surface area contributed by atoms with Crippen LogP contribution in [0.4, 0.5) is 5.69 Å². The molecule has 1 amide bonds. The van der Waals surface area contributed by atoms with Crippen molar-refractivity contribution in [3.05, 3.63) is 89.0 Å². The highest BCUT2D eigenvalue weighted by Gasteiger charge is 2.18. The zero-order valence-corrected chi connectivity index (χ0v) is 17.7. The molecule has 0 fully saturated rings. The van der Waals surface area contributed by atoms with Crippen LogP contribution in [0.15, 0.2) is 71.6 Å². The molecule has 0 atom stereocenters. The molecule has 0 aliphatic carbocycles. The number of nitrogens with one attached hydrogen (secondary N) is 2. The van der Waals surface area contributed by atoms with Crippen molar-refractivity contribution in [1.29, 1.82) is 0 Å². The smallest absolute Gasteiger partial charge is 0.261 e. The van der Waals surface area contributed by atoms with Gasteiger partial charge in [0, 0.05) is 17.8 Å². The van der Waals surface area contributed by atoms with Crippen LogP contribution in [0.5, 0.6) is 5.75 Å². The highest BCUT2D eigenvalue weighted by Crippen LogP contribution is 2.20. The van der Waals surface area contributed by atoms with E-state index in [2.05, 4.69) is 10.0 Å². The second-order valence-electron chi connectivity index (χ2n) is 7.12. The quantitative estimate of drug-likeness (QED) is 0.538. The van der Waals surface area contributed by atoms with Crippen molar-refractivity contribution < 1.29 is 18.3 Å². The maximum Gasteiger partial charge on any atom is 0.261 e. The number of phenolic OH excluding ortho intramolecular Hbond substituents is 1. The number of anilines is 1. The first-order chi connectivity index (χ1) is 14.2. The van der Waals surface area contributed by atoms with Gasteiger partial charge in [-0.3, -0.25) is 9.52 Å². The minimum Gasteiger partial charge on any atom is -0.508 e. The molecule has 30 heavy (non-hydrogen) atoms. The fourth-order valence-corrected chi connectivity index (χ4v) is 4.06. The second kappa shape index (κ2) is 9.00. The van der Waals surface area contributed by atoms with E-state index in [1.165, 1.54) is 12.1 Å². The highest BCUT2D eigenvalue weighted by molar-refractivity contribution is 7.92. The lowest BCUT2D eigenvalue weighted by Crippen LogP contribution is -2.26. The molecule has 0 aliphatic rings. The summed E-state index contributed by atoms with van der Waals surface area (Å²) in [5.74, 6) is -0.173. The van der Waals surface area contributed by atoms with Crippen molar-refractivity contribution in [3.63, 3.8) is 0 Å². The predicted molar refractivity (Wildman–Crippen MR) is 117 cm³/mol. The molecule has 0 saturated carbocycles. The molecule has 0 aromatic heterocycles. The number of hydrogen-bond acceptors (Lipinski definition) is 4. The summed E-state index contributed by atoms with van der Waals surface area (Å²) in [7, 11) is -3.82. The van der Waals surface area contributed by atoms with Crippen LogP contribution in [-0.2, 0) is 16.4 Å². The number of sulfonamides is 1. The van der Waals surface area contributed by atoms with E-state index < -0.39 is 10.0 Å². The fraction of sp³-hybridized carbons (Fsp3) is 0.174. The third-order valence-electron chi connectivity index (χ3n) is 4.68. The molecule has 0 radical (unpaired) electrons. The summed E-state index contributed by atoms with van der Waals surface area (Å²) in [5, 5.41) is 12.3. The Balaban J connectivity index is 1.72. The Morgan fingerprint density at radius 2 is 1.70 bits per heavy atom. The first-order valence-corrected chi connectivity index (χ1v) is 11.0. The van der Waals surface area contributed by atoms with E-state index in [0.717, 1.165) is 11.1 Å². The Labute approximate surface area is 176 Å². The van der Waals surface area contributed by atoms with E-state index in [9.17, 15) is 18.3 Å². The number of rotatable bonds is 7. The molecule has 0 bridgehead atoms. The molecule has 0 aliphatic heterocycles. The van der Waals surface area contributed by atoms with Crippen LogP contribution in [0.3, 0.4) is 0 Å². The first-order valence-electron chi connectivity index (χ1n) is 9.51. The highest BCUT2D eigenvalue weighted by atomic mass is 32.2. The molecule has 0 spiro atoms. The van der Waals surface area contributed by atoms with Gasteiger partial charge in [0.25, 0.3) is 15.9 Å². The number of aryl methyl sites for hydroxylation is 2. The minimum absolute atomic E-state index is 0.0202. The average Bonchev–Trinajstić information content (AvgIpc) is 2.70. The van der Waals surface area contributed by atoms with Crippen molar-refractivity contribution in [2.75, 3.05) is 11.3 Å². The van der Waals surface area contributed by atoms with Crippen LogP contribution in [0.25, 0.3) is 0 Å². The number of amides is 1. The molecule has 6 nitrogen and oxygen atoms in total. The van der Waals surface area contributed by atoms with Crippen LogP contribution in [0.2, 0.25) is 0 Å². The summed E-state index contributed by atoms with van der Waals surface area (Å²) >= 11 is 0. The third kappa shape index (κ3) is 5.39. The zero-order chi connectivity index (χ0) is 21.7. The van der Waals surface area contributed by atoms with Gasteiger partial charge in [0.1, 0.15) is 5.75 Å². The van der Waals surface area contributed by atoms with Crippen LogP contribution in [0, 0.1) is 13.8 Å². The van der Waals surface area contributed by atoms with Crippen LogP contribution in [0.1, 0.15) is 27.0 Å². The van der Waals surface area contributed by atoms with Crippen LogP contribution in [-0.4, -0.2) is 26.0 Å². The van der Waals surface area contributed by atoms with Gasteiger partial charge in [-0.1, -0.05) is 35.9 Å². The van der Waals surface area contributed by atoms with Gasteiger partial charge in [0.05, 0.1) is 4.90 Å². The van der Waals surface area contributed by atoms with Crippen molar-refractivity contribution in [1.82, 2.24) is 5.32 Å². The van der Waals surface area contributed by atoms with Crippen molar-refractivity contribution in [3.8, 4) is 5.75 Å². The molecule has 0 heterocycles. The molecule has 0 unspecified atom stereocenters. The Kier molecular flexibility index (Phi) is 6.42. The molecule has 3 aromatic rings. The Hall–Kier alpha value is -3.32. The third-order valence-corrected chi connectivity index (χ3v) is 6.06. The van der Waals surface area contributed by atoms with E-state index in [0.29, 0.717) is 29.8 Å². The number of hydrogen-bond donors (Lipinski definition) is 3. The molecular formula is C23H24N2O4S. The summed E-state index contributed by atoms with van der Waals surface area (Å²) < 4.78 is 28.0. The summed E-state index contributed by atoms with van der Waals surface area (Å²) in [6.07, 6.45) is 0.548. The Morgan fingerprint density at radius 3 is 2.40 bits per heavy atom. The molecule has 3 rings (SSSR count). The van der Waals surface area contributed by atoms with Crippen molar-refractivity contribution in [2.45, 2.75) is 25.2 Å². The minimum atomic E-state index is -3.82. The summed E-state index contributed by atoms with van der Waals surface area (Å²) in [4.78, 5) is 12.6. The summed E-state index contributed by atoms with van der Waals surface area (Å²) in [6, 6.07) is 18.3. The largest absolute Gasteiger partial charge is 0.508 e. The van der Waals surface area contributed by atoms with E-state index >= 15 is 0 Å². The van der Waals surface area contributed by atoms with Crippen LogP contribution < -0.4 is 10.0 Å². The lowest BCUT2D eigenvalue weighted by atomic mass is 10.1. The van der Waals surface area contributed by atoms with Crippen molar-refractivity contribution >= 4 is 21.6 Å². The van der Waals surface area contributed by atoms with Gasteiger partial charge >= 0.3 is 0 Å². The maximum atomic E-state index is 12.7. The predicted octanol–water partition coefficient (Wildman–Crippen LogP) is 3.78. The number of aromatic hydroxyl groups is 1. The van der Waals surface area contributed by atoms with E-state index in [1.54, 1.807) is 43.3 Å². The summed E-state index contributed by atoms with van der Waals surface area (Å²) in [6.45, 7) is 4.04. The number of carbonyl (C=O) groups is 1. The zero-order valence-electron chi connectivity index (χ0n) is 16.8. The number of carbonyl (C=O) groups excluding carboxylic acids is 1. The number of phenols is 1. The van der Waals surface area contributed by atoms with Gasteiger partial charge in [-0.15, -0.1) is 0 Å². The maximum absolute atomic E-state index is 12.7. The Morgan fingerprint density at radius 1 is 0.967 bits per heavy atom. The van der Waals surface area contributed by atoms with E-state index in [1.807, 2.05) is 25.1 Å². The monoisotopic (exact) mass is 424 g/mol. The lowest BCUT2D eigenvalue weighted by molar-refractivity contribution is 0.0953. The normalized spacial score (nSPS) is 11.1. The van der Waals surface area contributed by atoms with Crippen molar-refractivity contribution in [2.24, 2.45) is 0 Å². The first kappa shape index (κ1) is 21.4. The van der Waals surface area contributed by atoms with Gasteiger partial charge < -0.3 is 10.4 Å². The SMILES string of the molecule is Cc1ccc(NS(=O)(=O)c2ccc(C)c(C(=O)NCCc3cccc(O)c3)c2)cc1. The average molecular weight is 425 g/mol. The molecular weight excluding hydrogens is 400 g/mol. The van der Waals surface area contributed by atoms with Gasteiger partial charge in [-0.2, -0.15) is 0 Å². The van der Waals surface area contributed by atoms with Gasteiger partial charge in [0.15, 0.2) is 0 Å². The second-order valence-corrected chi connectivity index (χ2v) is 8.81. The van der Waals surface area contributed by atoms with Crippen LogP contribution >= 0.6 is 0 Å². The van der Waals surface area contributed by atoms with Gasteiger partial charge in [-0.05, 0) is 67.8 Å². The standard InChI is InChI=1S/C23H24N2O4S/c1-16-6-9-19(10-7-16)25-30(28,29)21-11-8-17(2)22(15-21)23(27)24-13-12-18-4-3-5-20(26)14-18/h3-11,14-15,25-26H,12-13H2,1-2H3,(H,24,27). The number of benzene rings is 3. The van der Waals surface area contributed by atoms with Gasteiger partial charge in [-0.25, -0.2) is 8.42 Å². The molecule has 3 aromatic carbocycles. The fourth-order valence-electron chi connectivity index (χ4n) is 2.98.